The monoisotopic (exact) mass is 386 g/mol. The van der Waals surface area contributed by atoms with Crippen LogP contribution in [0.2, 0.25) is 5.02 Å². The second kappa shape index (κ2) is 8.48. The number of quaternary nitrogens is 1. The number of hydrogen-bond donors (Lipinski definition) is 2. The van der Waals surface area contributed by atoms with Gasteiger partial charge in [-0.05, 0) is 24.3 Å². The Kier molecular flexibility index (Phi) is 5.85. The van der Waals surface area contributed by atoms with E-state index in [1.54, 1.807) is 17.6 Å². The highest BCUT2D eigenvalue weighted by molar-refractivity contribution is 6.31. The Morgan fingerprint density at radius 1 is 1.19 bits per heavy atom. The normalized spacial score (nSPS) is 11.7. The summed E-state index contributed by atoms with van der Waals surface area (Å²) in [7, 11) is 0. The number of nitrogens with two attached hydrogens (primary N) is 1. The minimum atomic E-state index is -0.564. The molecular weight excluding hydrogens is 370 g/mol. The van der Waals surface area contributed by atoms with Gasteiger partial charge in [-0.25, -0.2) is 0 Å². The average Bonchev–Trinajstić information content (AvgIpc) is 3.17. The highest BCUT2D eigenvalue weighted by Gasteiger charge is 2.22. The van der Waals surface area contributed by atoms with E-state index in [1.165, 1.54) is 18.2 Å². The molecule has 3 aromatic rings. The molecular formula is C19H17ClN3O4+. The number of nitrogens with one attached hydrogen (secondary N) is 1. The van der Waals surface area contributed by atoms with Gasteiger partial charge in [0.1, 0.15) is 5.69 Å². The van der Waals surface area contributed by atoms with Crippen molar-refractivity contribution in [2.75, 3.05) is 11.9 Å². The number of nitrogens with zero attached hydrogens (tertiary/aromatic N) is 1. The van der Waals surface area contributed by atoms with E-state index in [4.69, 9.17) is 16.0 Å². The topological polar surface area (TPSA) is 102 Å². The van der Waals surface area contributed by atoms with Crippen LogP contribution in [0.4, 0.5) is 11.4 Å². The summed E-state index contributed by atoms with van der Waals surface area (Å²) in [4.78, 5) is 22.9. The summed E-state index contributed by atoms with van der Waals surface area (Å²) in [5, 5.41) is 15.8. The molecule has 0 aliphatic rings. The molecule has 0 fully saturated rings. The van der Waals surface area contributed by atoms with E-state index in [0.717, 1.165) is 5.56 Å². The quantitative estimate of drug-likeness (QED) is 0.481. The summed E-state index contributed by atoms with van der Waals surface area (Å²) in [6, 6.07) is 17.1. The van der Waals surface area contributed by atoms with Crippen LogP contribution in [0.15, 0.2) is 71.3 Å². The third-order valence-corrected chi connectivity index (χ3v) is 4.21. The van der Waals surface area contributed by atoms with Gasteiger partial charge < -0.3 is 15.1 Å². The minimum Gasteiger partial charge on any atom is -0.463 e. The number of carbonyl (C=O) groups is 1. The first kappa shape index (κ1) is 18.6. The number of anilines is 1. The van der Waals surface area contributed by atoms with E-state index in [2.05, 4.69) is 5.32 Å². The summed E-state index contributed by atoms with van der Waals surface area (Å²) in [6.07, 6.45) is 1.58. The van der Waals surface area contributed by atoms with E-state index >= 15 is 0 Å². The van der Waals surface area contributed by atoms with Crippen molar-refractivity contribution < 1.29 is 19.5 Å². The van der Waals surface area contributed by atoms with Crippen molar-refractivity contribution in [3.8, 4) is 0 Å². The fraction of sp³-hybridized carbons (Fsp3) is 0.105. The molecule has 0 radical (unpaired) electrons. The molecule has 0 aliphatic heterocycles. The minimum absolute atomic E-state index is 0.0456. The highest BCUT2D eigenvalue weighted by atomic mass is 35.5. The highest BCUT2D eigenvalue weighted by Crippen LogP contribution is 2.27. The molecule has 0 spiro atoms. The van der Waals surface area contributed by atoms with Gasteiger partial charge in [0.25, 0.3) is 11.6 Å². The Morgan fingerprint density at radius 3 is 2.63 bits per heavy atom. The number of benzene rings is 2. The fourth-order valence-corrected chi connectivity index (χ4v) is 2.91. The Labute approximate surface area is 160 Å². The lowest BCUT2D eigenvalue weighted by molar-refractivity contribution is -0.678. The molecule has 138 valence electrons. The van der Waals surface area contributed by atoms with Crippen LogP contribution in [0.5, 0.6) is 0 Å². The van der Waals surface area contributed by atoms with E-state index in [9.17, 15) is 14.9 Å². The van der Waals surface area contributed by atoms with Gasteiger partial charge in [-0.1, -0.05) is 41.9 Å². The number of furan rings is 1. The molecule has 0 aliphatic carbocycles. The molecule has 1 aromatic heterocycles. The molecule has 1 atom stereocenters. The second-order valence-electron chi connectivity index (χ2n) is 5.81. The van der Waals surface area contributed by atoms with Crippen LogP contribution < -0.4 is 10.6 Å². The summed E-state index contributed by atoms with van der Waals surface area (Å²) < 4.78 is 5.50. The predicted octanol–water partition coefficient (Wildman–Crippen LogP) is 3.13. The summed E-state index contributed by atoms with van der Waals surface area (Å²) in [5.74, 6) is 0.329. The third kappa shape index (κ3) is 4.72. The molecule has 0 saturated carbocycles. The Morgan fingerprint density at radius 2 is 1.96 bits per heavy atom. The lowest BCUT2D eigenvalue weighted by Crippen LogP contribution is -2.87. The van der Waals surface area contributed by atoms with E-state index < -0.39 is 4.92 Å². The summed E-state index contributed by atoms with van der Waals surface area (Å²) >= 11 is 5.89. The zero-order valence-corrected chi connectivity index (χ0v) is 14.9. The fourth-order valence-electron chi connectivity index (χ4n) is 2.74. The Bertz CT molecular complexity index is 929. The molecule has 27 heavy (non-hydrogen) atoms. The molecule has 3 rings (SSSR count). The van der Waals surface area contributed by atoms with Gasteiger partial charge in [-0.2, -0.15) is 0 Å². The van der Waals surface area contributed by atoms with Crippen molar-refractivity contribution in [2.45, 2.75) is 6.04 Å². The first-order chi connectivity index (χ1) is 13.0. The molecule has 8 heteroatoms. The van der Waals surface area contributed by atoms with Crippen LogP contribution in [0.1, 0.15) is 17.4 Å². The van der Waals surface area contributed by atoms with Crippen molar-refractivity contribution in [3.05, 3.63) is 93.4 Å². The molecule has 1 amide bonds. The number of amides is 1. The maximum atomic E-state index is 12.4. The van der Waals surface area contributed by atoms with Gasteiger partial charge in [0.2, 0.25) is 0 Å². The average molecular weight is 387 g/mol. The van der Waals surface area contributed by atoms with Crippen molar-refractivity contribution in [3.63, 3.8) is 0 Å². The maximum absolute atomic E-state index is 12.4. The zero-order valence-electron chi connectivity index (χ0n) is 14.2. The number of carbonyl (C=O) groups excluding carboxylic acids is 1. The Hall–Kier alpha value is -3.16. The lowest BCUT2D eigenvalue weighted by atomic mass is 10.0. The summed E-state index contributed by atoms with van der Waals surface area (Å²) in [5.41, 5.74) is 0.840. The van der Waals surface area contributed by atoms with Gasteiger partial charge in [0.15, 0.2) is 18.3 Å². The third-order valence-electron chi connectivity index (χ3n) is 3.98. The van der Waals surface area contributed by atoms with Gasteiger partial charge in [0.05, 0.1) is 11.2 Å². The first-order valence-corrected chi connectivity index (χ1v) is 8.58. The number of nitro groups is 1. The predicted molar refractivity (Wildman–Crippen MR) is 101 cm³/mol. The van der Waals surface area contributed by atoms with Crippen molar-refractivity contribution in [1.29, 1.82) is 0 Å². The molecule has 0 bridgehead atoms. The molecule has 7 nitrogen and oxygen atoms in total. The number of rotatable bonds is 7. The lowest BCUT2D eigenvalue weighted by Gasteiger charge is -2.14. The molecule has 0 saturated heterocycles. The maximum Gasteiger partial charge on any atom is 0.292 e. The van der Waals surface area contributed by atoms with Crippen LogP contribution in [0, 0.1) is 10.1 Å². The van der Waals surface area contributed by atoms with Crippen LogP contribution in [0.25, 0.3) is 0 Å². The van der Waals surface area contributed by atoms with Crippen molar-refractivity contribution in [2.24, 2.45) is 0 Å². The number of nitro benzene ring substituents is 1. The Balaban J connectivity index is 1.72. The number of halogens is 1. The second-order valence-corrected chi connectivity index (χ2v) is 6.25. The molecule has 1 heterocycles. The van der Waals surface area contributed by atoms with Gasteiger partial charge in [0, 0.05) is 16.7 Å². The van der Waals surface area contributed by atoms with Crippen molar-refractivity contribution >= 4 is 28.9 Å². The standard InChI is InChI=1S/C19H16ClN3O4/c20-14-8-9-16(23(25)26)15(11-14)22-18(24)12-21-19(17-7-4-10-27-17)13-5-2-1-3-6-13/h1-11,19,21H,12H2,(H,22,24)/p+1/t19-/m0/s1. The van der Waals surface area contributed by atoms with Crippen LogP contribution in [-0.2, 0) is 4.79 Å². The van der Waals surface area contributed by atoms with E-state index in [-0.39, 0.29) is 29.9 Å². The molecule has 0 unspecified atom stereocenters. The summed E-state index contributed by atoms with van der Waals surface area (Å²) in [6.45, 7) is 0.0456. The molecule has 3 N–H and O–H groups in total. The zero-order chi connectivity index (χ0) is 19.2. The van der Waals surface area contributed by atoms with Gasteiger partial charge in [-0.3, -0.25) is 14.9 Å². The van der Waals surface area contributed by atoms with Gasteiger partial charge >= 0.3 is 0 Å². The van der Waals surface area contributed by atoms with Crippen LogP contribution in [0.3, 0.4) is 0 Å². The smallest absolute Gasteiger partial charge is 0.292 e. The SMILES string of the molecule is O=C(C[NH2+][C@@H](c1ccccc1)c1ccco1)Nc1cc(Cl)ccc1[N+](=O)[O-]. The van der Waals surface area contributed by atoms with Crippen LogP contribution >= 0.6 is 11.6 Å². The van der Waals surface area contributed by atoms with E-state index in [1.807, 2.05) is 36.4 Å². The van der Waals surface area contributed by atoms with Crippen molar-refractivity contribution in [1.82, 2.24) is 0 Å². The molecule has 2 aromatic carbocycles. The first-order valence-electron chi connectivity index (χ1n) is 8.20. The van der Waals surface area contributed by atoms with E-state index in [0.29, 0.717) is 10.8 Å². The van der Waals surface area contributed by atoms with Gasteiger partial charge in [-0.15, -0.1) is 0 Å². The number of hydrogen-bond acceptors (Lipinski definition) is 4. The van der Waals surface area contributed by atoms with Crippen LogP contribution in [-0.4, -0.2) is 17.4 Å². The largest absolute Gasteiger partial charge is 0.463 e.